The first-order valence-electron chi connectivity index (χ1n) is 11.1. The highest BCUT2D eigenvalue weighted by molar-refractivity contribution is 5.72. The van der Waals surface area contributed by atoms with Crippen molar-refractivity contribution in [2.24, 2.45) is 29.6 Å². The van der Waals surface area contributed by atoms with Gasteiger partial charge in [0.05, 0.1) is 25.2 Å². The average Bonchev–Trinajstić information content (AvgIpc) is 2.68. The minimum atomic E-state index is 0.0127. The molecular formula is C23H38O3. The van der Waals surface area contributed by atoms with Gasteiger partial charge < -0.3 is 9.47 Å². The Morgan fingerprint density at radius 2 is 1.58 bits per heavy atom. The summed E-state index contributed by atoms with van der Waals surface area (Å²) < 4.78 is 11.4. The van der Waals surface area contributed by atoms with E-state index in [4.69, 9.17) is 9.47 Å². The maximum absolute atomic E-state index is 11.8. The molecule has 2 unspecified atom stereocenters. The van der Waals surface area contributed by atoms with E-state index >= 15 is 0 Å². The summed E-state index contributed by atoms with van der Waals surface area (Å²) in [5.74, 6) is 3.11. The molecule has 3 heteroatoms. The first kappa shape index (κ1) is 19.9. The fourth-order valence-electron chi connectivity index (χ4n) is 5.10. The predicted octanol–water partition coefficient (Wildman–Crippen LogP) is 5.53. The third-order valence-corrected chi connectivity index (χ3v) is 6.98. The highest BCUT2D eigenvalue weighted by Crippen LogP contribution is 2.36. The van der Waals surface area contributed by atoms with Crippen LogP contribution in [0.3, 0.4) is 0 Å². The molecule has 0 aromatic rings. The third kappa shape index (κ3) is 5.58. The molecule has 0 amide bonds. The second-order valence-electron chi connectivity index (χ2n) is 8.98. The van der Waals surface area contributed by atoms with Crippen molar-refractivity contribution in [1.29, 1.82) is 0 Å². The number of carbonyl (C=O) groups excluding carboxylic acids is 1. The van der Waals surface area contributed by atoms with E-state index < -0.39 is 0 Å². The highest BCUT2D eigenvalue weighted by Gasteiger charge is 2.30. The van der Waals surface area contributed by atoms with Gasteiger partial charge >= 0.3 is 5.97 Å². The Hall–Kier alpha value is -0.830. The number of hydrogen-bond donors (Lipinski definition) is 0. The van der Waals surface area contributed by atoms with E-state index in [2.05, 4.69) is 19.1 Å². The van der Waals surface area contributed by atoms with Crippen LogP contribution in [0, 0.1) is 29.6 Å². The Morgan fingerprint density at radius 1 is 0.923 bits per heavy atom. The molecule has 3 fully saturated rings. The maximum Gasteiger partial charge on any atom is 0.308 e. The number of ether oxygens (including phenoxy) is 2. The van der Waals surface area contributed by atoms with E-state index in [1.807, 2.05) is 6.92 Å². The largest absolute Gasteiger partial charge is 0.466 e. The van der Waals surface area contributed by atoms with Gasteiger partial charge in [0.2, 0.25) is 0 Å². The van der Waals surface area contributed by atoms with Crippen molar-refractivity contribution < 1.29 is 14.3 Å². The zero-order valence-electron chi connectivity index (χ0n) is 16.8. The monoisotopic (exact) mass is 362 g/mol. The van der Waals surface area contributed by atoms with Gasteiger partial charge in [-0.15, -0.1) is 0 Å². The normalized spacial score (nSPS) is 39.0. The zero-order valence-corrected chi connectivity index (χ0v) is 16.8. The molecular weight excluding hydrogens is 324 g/mol. The van der Waals surface area contributed by atoms with Crippen LogP contribution in [0.25, 0.3) is 0 Å². The van der Waals surface area contributed by atoms with E-state index in [1.165, 1.54) is 38.5 Å². The molecule has 2 aliphatic carbocycles. The Bertz CT molecular complexity index is 448. The van der Waals surface area contributed by atoms with E-state index in [1.54, 1.807) is 0 Å². The van der Waals surface area contributed by atoms with Gasteiger partial charge in [0.15, 0.2) is 0 Å². The van der Waals surface area contributed by atoms with Gasteiger partial charge in [0, 0.05) is 5.92 Å². The number of allylic oxidation sites excluding steroid dienone is 1. The minimum Gasteiger partial charge on any atom is -0.466 e. The van der Waals surface area contributed by atoms with E-state index in [-0.39, 0.29) is 11.9 Å². The molecule has 0 aromatic carbocycles. The molecule has 2 saturated carbocycles. The van der Waals surface area contributed by atoms with Gasteiger partial charge in [-0.3, -0.25) is 4.79 Å². The van der Waals surface area contributed by atoms with Crippen molar-refractivity contribution in [3.8, 4) is 0 Å². The smallest absolute Gasteiger partial charge is 0.308 e. The SMILES string of the molecule is CCOC(=O)C1CCC(/C=C/C2CCC(C3CCC(C)CC3)OC2)CC1. The Balaban J connectivity index is 1.35. The number of hydrogen-bond acceptors (Lipinski definition) is 3. The van der Waals surface area contributed by atoms with Crippen molar-refractivity contribution in [2.75, 3.05) is 13.2 Å². The molecule has 0 radical (unpaired) electrons. The summed E-state index contributed by atoms with van der Waals surface area (Å²) in [6.45, 7) is 5.68. The summed E-state index contributed by atoms with van der Waals surface area (Å²) in [5.41, 5.74) is 0. The van der Waals surface area contributed by atoms with Gasteiger partial charge in [-0.25, -0.2) is 0 Å². The summed E-state index contributed by atoms with van der Waals surface area (Å²) in [7, 11) is 0. The van der Waals surface area contributed by atoms with Gasteiger partial charge in [-0.2, -0.15) is 0 Å². The Morgan fingerprint density at radius 3 is 2.19 bits per heavy atom. The van der Waals surface area contributed by atoms with Gasteiger partial charge in [-0.1, -0.05) is 31.9 Å². The number of carbonyl (C=O) groups is 1. The van der Waals surface area contributed by atoms with Crippen molar-refractivity contribution in [2.45, 2.75) is 84.2 Å². The first-order valence-corrected chi connectivity index (χ1v) is 11.1. The van der Waals surface area contributed by atoms with E-state index in [0.717, 1.165) is 44.1 Å². The van der Waals surface area contributed by atoms with Crippen molar-refractivity contribution >= 4 is 5.97 Å². The van der Waals surface area contributed by atoms with Gasteiger partial charge in [0.25, 0.3) is 0 Å². The maximum atomic E-state index is 11.8. The fourth-order valence-corrected chi connectivity index (χ4v) is 5.10. The first-order chi connectivity index (χ1) is 12.7. The predicted molar refractivity (Wildman–Crippen MR) is 105 cm³/mol. The van der Waals surface area contributed by atoms with Gasteiger partial charge in [0.1, 0.15) is 0 Å². The van der Waals surface area contributed by atoms with Crippen molar-refractivity contribution in [3.63, 3.8) is 0 Å². The highest BCUT2D eigenvalue weighted by atomic mass is 16.5. The third-order valence-electron chi connectivity index (χ3n) is 6.98. The molecule has 1 heterocycles. The Labute approximate surface area is 159 Å². The molecule has 1 aliphatic heterocycles. The summed E-state index contributed by atoms with van der Waals surface area (Å²) in [6, 6.07) is 0. The molecule has 3 rings (SSSR count). The molecule has 0 aromatic heterocycles. The lowest BCUT2D eigenvalue weighted by Gasteiger charge is -2.36. The van der Waals surface area contributed by atoms with Crippen LogP contribution in [0.15, 0.2) is 12.2 Å². The molecule has 1 saturated heterocycles. The second-order valence-corrected chi connectivity index (χ2v) is 8.98. The number of rotatable bonds is 5. The summed E-state index contributed by atoms with van der Waals surface area (Å²) in [5, 5.41) is 0. The zero-order chi connectivity index (χ0) is 18.4. The molecule has 0 bridgehead atoms. The lowest BCUT2D eigenvalue weighted by molar-refractivity contribution is -0.149. The van der Waals surface area contributed by atoms with Crippen LogP contribution < -0.4 is 0 Å². The Kier molecular flexibility index (Phi) is 7.60. The molecule has 3 nitrogen and oxygen atoms in total. The van der Waals surface area contributed by atoms with Crippen LogP contribution in [0.5, 0.6) is 0 Å². The standard InChI is InChI=1S/C23H38O3/c1-3-25-23(24)21-13-8-18(9-14-21)6-7-19-10-15-22(26-16-19)20-11-4-17(2)5-12-20/h6-7,17-22H,3-5,8-16H2,1-2H3/b7-6+. The summed E-state index contributed by atoms with van der Waals surface area (Å²) in [4.78, 5) is 11.8. The minimum absolute atomic E-state index is 0.0127. The molecule has 0 N–H and O–H groups in total. The van der Waals surface area contributed by atoms with Crippen LogP contribution in [0.2, 0.25) is 0 Å². The van der Waals surface area contributed by atoms with Crippen LogP contribution in [0.4, 0.5) is 0 Å². The topological polar surface area (TPSA) is 35.5 Å². The van der Waals surface area contributed by atoms with Crippen molar-refractivity contribution in [3.05, 3.63) is 12.2 Å². The van der Waals surface area contributed by atoms with Crippen LogP contribution >= 0.6 is 0 Å². The molecule has 3 aliphatic rings. The van der Waals surface area contributed by atoms with Crippen molar-refractivity contribution in [1.82, 2.24) is 0 Å². The molecule has 2 atom stereocenters. The lowest BCUT2D eigenvalue weighted by atomic mass is 9.77. The van der Waals surface area contributed by atoms with E-state index in [9.17, 15) is 4.79 Å². The fraction of sp³-hybridized carbons (Fsp3) is 0.870. The number of esters is 1. The lowest BCUT2D eigenvalue weighted by Crippen LogP contribution is -2.33. The molecule has 26 heavy (non-hydrogen) atoms. The summed E-state index contributed by atoms with van der Waals surface area (Å²) >= 11 is 0. The van der Waals surface area contributed by atoms with Gasteiger partial charge in [-0.05, 0) is 76.0 Å². The average molecular weight is 363 g/mol. The molecule has 148 valence electrons. The second kappa shape index (κ2) is 9.92. The van der Waals surface area contributed by atoms with Crippen LogP contribution in [-0.4, -0.2) is 25.3 Å². The quantitative estimate of drug-likeness (QED) is 0.476. The summed E-state index contributed by atoms with van der Waals surface area (Å²) in [6.07, 6.45) is 17.6. The molecule has 0 spiro atoms. The van der Waals surface area contributed by atoms with Crippen LogP contribution in [-0.2, 0) is 14.3 Å². The van der Waals surface area contributed by atoms with E-state index in [0.29, 0.717) is 24.5 Å². The van der Waals surface area contributed by atoms with Crippen LogP contribution in [0.1, 0.15) is 78.1 Å².